The van der Waals surface area contributed by atoms with Crippen molar-refractivity contribution in [3.8, 4) is 12.5 Å². The predicted octanol–water partition coefficient (Wildman–Crippen LogP) is 9.17. The minimum absolute atomic E-state index is 0.159. The number of nitrogens with zero attached hydrogens (tertiary/aromatic N) is 10. The molecule has 0 aliphatic heterocycles. The Labute approximate surface area is 483 Å². The van der Waals surface area contributed by atoms with Crippen molar-refractivity contribution in [2.45, 2.75) is 215 Å². The molecule has 23 nitrogen and oxygen atoms in total. The highest BCUT2D eigenvalue weighted by molar-refractivity contribution is 5.93. The highest BCUT2D eigenvalue weighted by atomic mass is 16.5. The molecule has 4 amide bonds. The molecule has 0 saturated heterocycles. The Morgan fingerprint density at radius 2 is 0.805 bits per heavy atom. The van der Waals surface area contributed by atoms with Crippen LogP contribution in [0.2, 0.25) is 0 Å². The van der Waals surface area contributed by atoms with Crippen molar-refractivity contribution in [2.24, 2.45) is 52.5 Å². The first-order valence-electron chi connectivity index (χ1n) is 29.3. The van der Waals surface area contributed by atoms with Gasteiger partial charge in [0.25, 0.3) is 12.5 Å². The van der Waals surface area contributed by atoms with Gasteiger partial charge in [0.15, 0.2) is 0 Å². The summed E-state index contributed by atoms with van der Waals surface area (Å²) in [6.07, 6.45) is 24.7. The first-order chi connectivity index (χ1) is 38.8. The van der Waals surface area contributed by atoms with Crippen LogP contribution in [0.5, 0.6) is 0 Å². The van der Waals surface area contributed by atoms with Gasteiger partial charge in [-0.15, -0.1) is 0 Å². The second-order valence-electron chi connectivity index (χ2n) is 26.5. The Hall–Kier alpha value is -6.75. The van der Waals surface area contributed by atoms with E-state index < -0.39 is 63.5 Å². The number of amides is 4. The molecule has 3 aliphatic rings. The first kappa shape index (κ1) is 69.5. The maximum atomic E-state index is 14.8. The van der Waals surface area contributed by atoms with E-state index in [0.717, 1.165) is 89.9 Å². The lowest BCUT2D eigenvalue weighted by Crippen LogP contribution is -2.60. The zero-order valence-corrected chi connectivity index (χ0v) is 50.4. The lowest BCUT2D eigenvalue weighted by molar-refractivity contribution is -0.000134. The van der Waals surface area contributed by atoms with Crippen molar-refractivity contribution in [3.05, 3.63) is 31.5 Å². The van der Waals surface area contributed by atoms with Gasteiger partial charge in [0.2, 0.25) is 24.3 Å². The summed E-state index contributed by atoms with van der Waals surface area (Å²) < 4.78 is 14.4. The Kier molecular flexibility index (Phi) is 28.3. The van der Waals surface area contributed by atoms with Crippen molar-refractivity contribution in [1.82, 2.24) is 29.2 Å². The molecule has 82 heavy (non-hydrogen) atoms. The number of rotatable bonds is 30. The van der Waals surface area contributed by atoms with Crippen molar-refractivity contribution in [2.75, 3.05) is 59.0 Å². The molecule has 1 aromatic heterocycles. The fourth-order valence-electron chi connectivity index (χ4n) is 14.0. The zero-order chi connectivity index (χ0) is 61.0. The number of hydrogen-bond acceptors (Lipinski definition) is 17. The fraction of sp³-hybridized carbons (Fsp3) is 0.814. The molecule has 0 spiro atoms. The second-order valence-corrected chi connectivity index (χ2v) is 26.5. The summed E-state index contributed by atoms with van der Waals surface area (Å²) in [6.45, 7) is 21.8. The average Bonchev–Trinajstić information content (AvgIpc) is 3.36. The molecule has 6 unspecified atom stereocenters. The van der Waals surface area contributed by atoms with Crippen LogP contribution >= 0.6 is 0 Å². The third-order valence-electron chi connectivity index (χ3n) is 16.1. The third kappa shape index (κ3) is 22.9. The predicted molar refractivity (Wildman–Crippen MR) is 308 cm³/mol. The lowest BCUT2D eigenvalue weighted by Gasteiger charge is -2.48. The molecule has 1 heterocycles. The van der Waals surface area contributed by atoms with E-state index in [1.54, 1.807) is 18.6 Å². The van der Waals surface area contributed by atoms with Crippen LogP contribution in [0.4, 0.5) is 9.59 Å². The van der Waals surface area contributed by atoms with Crippen LogP contribution < -0.4 is 27.7 Å². The van der Waals surface area contributed by atoms with E-state index >= 15 is 0 Å². The number of isocyanates is 4. The summed E-state index contributed by atoms with van der Waals surface area (Å²) in [6, 6.07) is -2.44. The molecule has 0 aromatic carbocycles. The number of unbranched alkanes of at least 4 members (excludes halogenated alkanes) is 9. The van der Waals surface area contributed by atoms with Crippen molar-refractivity contribution < 1.29 is 38.2 Å². The summed E-state index contributed by atoms with van der Waals surface area (Å²) in [5, 5.41) is 24.0. The van der Waals surface area contributed by atoms with Crippen LogP contribution in [-0.4, -0.2) is 114 Å². The molecule has 3 saturated carbocycles. The Morgan fingerprint density at radius 3 is 1.15 bits per heavy atom. The fourth-order valence-corrected chi connectivity index (χ4v) is 14.0. The maximum Gasteiger partial charge on any atom is 0.336 e. The Morgan fingerprint density at radius 1 is 0.488 bits per heavy atom. The van der Waals surface area contributed by atoms with Crippen molar-refractivity contribution in [1.29, 1.82) is 10.5 Å². The number of hydrogen-bond donors (Lipinski definition) is 2. The van der Waals surface area contributed by atoms with E-state index in [9.17, 15) is 53.7 Å². The van der Waals surface area contributed by atoms with E-state index in [0.29, 0.717) is 84.2 Å². The van der Waals surface area contributed by atoms with Gasteiger partial charge in [0.1, 0.15) is 13.2 Å². The van der Waals surface area contributed by atoms with Crippen molar-refractivity contribution in [3.63, 3.8) is 0 Å². The molecular weight excluding hydrogens is 1050 g/mol. The van der Waals surface area contributed by atoms with E-state index in [4.69, 9.17) is 9.47 Å². The van der Waals surface area contributed by atoms with Gasteiger partial charge in [-0.05, 0) is 118 Å². The number of imide groups is 1. The second kappa shape index (κ2) is 33.4. The molecule has 454 valence electrons. The molecule has 6 atom stereocenters. The topological polar surface area (TPSA) is 311 Å². The molecule has 0 bridgehead atoms. The summed E-state index contributed by atoms with van der Waals surface area (Å²) in [5.41, 5.74) is -4.17. The molecule has 2 N–H and O–H groups in total. The van der Waals surface area contributed by atoms with Crippen LogP contribution in [0.1, 0.15) is 215 Å². The first-order valence-corrected chi connectivity index (χ1v) is 29.3. The molecule has 3 fully saturated rings. The molecule has 3 aliphatic carbocycles. The summed E-state index contributed by atoms with van der Waals surface area (Å²) in [4.78, 5) is 126. The van der Waals surface area contributed by atoms with Gasteiger partial charge < -0.3 is 20.1 Å². The van der Waals surface area contributed by atoms with E-state index in [-0.39, 0.29) is 36.0 Å². The molecule has 23 heteroatoms. The van der Waals surface area contributed by atoms with Crippen LogP contribution in [0, 0.1) is 55.5 Å². The van der Waals surface area contributed by atoms with Crippen LogP contribution in [0.15, 0.2) is 34.4 Å². The molecular formula is C59H92N12O11. The molecule has 0 radical (unpaired) electrons. The van der Waals surface area contributed by atoms with Gasteiger partial charge in [-0.2, -0.15) is 10.5 Å². The number of aliphatic imine (C=N–C) groups is 4. The van der Waals surface area contributed by atoms with Gasteiger partial charge in [-0.25, -0.2) is 81.7 Å². The Balaban J connectivity index is 0.000000459. The zero-order valence-electron chi connectivity index (χ0n) is 50.4. The monoisotopic (exact) mass is 1140 g/mol. The molecule has 4 rings (SSSR count). The van der Waals surface area contributed by atoms with Crippen LogP contribution in [-0.2, 0) is 28.7 Å². The summed E-state index contributed by atoms with van der Waals surface area (Å²) in [7, 11) is 0. The van der Waals surface area contributed by atoms with Crippen molar-refractivity contribution >= 4 is 36.4 Å². The number of nitrogens with one attached hydrogen (secondary N) is 2. The minimum atomic E-state index is -0.623. The number of carbonyl (C=O) groups excluding carboxylic acids is 6. The largest absolute Gasteiger partial charge is 0.427 e. The highest BCUT2D eigenvalue weighted by Gasteiger charge is 2.48. The SMILES string of the molecule is CC1(C)CC(n2c(=O)n(C3CC(C)(C)CC(C)(COC#N)C3)c(=O)n(C3CC(C)(C)CC(C)(COC#N)C3)c2=O)CC(C)(CN=C=O)C1.O=C=NCCCCCCNC(=O)N(CCCCCCN=C=O)C(=O)NCCCCCCN=C=O. The summed E-state index contributed by atoms with van der Waals surface area (Å²) in [5.74, 6) is 0. The number of aromatic nitrogens is 3. The van der Waals surface area contributed by atoms with Gasteiger partial charge in [0, 0.05) is 48.6 Å². The molecule has 1 aromatic rings. The van der Waals surface area contributed by atoms with Crippen LogP contribution in [0.3, 0.4) is 0 Å². The minimum Gasteiger partial charge on any atom is -0.427 e. The van der Waals surface area contributed by atoms with Gasteiger partial charge in [0.05, 0.1) is 26.2 Å². The quantitative estimate of drug-likeness (QED) is 0.0314. The van der Waals surface area contributed by atoms with E-state index in [1.165, 1.54) is 36.8 Å². The van der Waals surface area contributed by atoms with Gasteiger partial charge >= 0.3 is 29.1 Å². The van der Waals surface area contributed by atoms with E-state index in [2.05, 4.69) is 72.1 Å². The number of nitriles is 2. The lowest BCUT2D eigenvalue weighted by atomic mass is 9.62. The standard InChI is InChI=1S/C36H54N6O6.C23H38N6O5/c1-31(2)10-25(13-34(7,16-31)19-39-24-43)40-28(44)41(26-11-32(3,4)17-35(8,14-26)20-47-22-37)30(46)42(29(40)45)27-12-33(5,6)18-36(9,15-27)21-48-23-38;30-19-24-13-7-1-3-10-16-27-22(33)29(18-12-6-5-9-15-26-21-32)23(34)28-17-11-4-2-8-14-25-20-31/h25-27H,10-21H2,1-9H3;1-18H2,(H,27,33)(H,28,34). The number of carbonyl (C=O) groups is 2. The highest BCUT2D eigenvalue weighted by Crippen LogP contribution is 2.53. The van der Waals surface area contributed by atoms with E-state index in [1.807, 2.05) is 20.8 Å². The van der Waals surface area contributed by atoms with Crippen LogP contribution in [0.25, 0.3) is 0 Å². The normalized spacial score (nSPS) is 23.8. The summed E-state index contributed by atoms with van der Waals surface area (Å²) >= 11 is 0. The maximum absolute atomic E-state index is 14.8. The smallest absolute Gasteiger partial charge is 0.336 e. The van der Waals surface area contributed by atoms with Gasteiger partial charge in [-0.1, -0.05) is 101 Å². The average molecular weight is 1150 g/mol. The number of ether oxygens (including phenoxy) is 2. The van der Waals surface area contributed by atoms with Gasteiger partial charge in [-0.3, -0.25) is 0 Å². The number of urea groups is 2. The third-order valence-corrected chi connectivity index (χ3v) is 16.1. The Bertz CT molecular complexity index is 2600.